The molecule has 2 aliphatic carbocycles. The van der Waals surface area contributed by atoms with E-state index < -0.39 is 0 Å². The zero-order valence-electron chi connectivity index (χ0n) is 9.91. The summed E-state index contributed by atoms with van der Waals surface area (Å²) in [5, 5.41) is 0. The van der Waals surface area contributed by atoms with Crippen molar-refractivity contribution in [3.8, 4) is 5.88 Å². The largest absolute Gasteiger partial charge is 0.481 e. The maximum Gasteiger partial charge on any atom is 0.218 e. The Morgan fingerprint density at radius 2 is 2.24 bits per heavy atom. The second-order valence-corrected chi connectivity index (χ2v) is 6.08. The van der Waals surface area contributed by atoms with E-state index >= 15 is 0 Å². The third-order valence-electron chi connectivity index (χ3n) is 3.84. The van der Waals surface area contributed by atoms with Crippen molar-refractivity contribution in [3.63, 3.8) is 0 Å². The molecule has 1 aromatic heterocycles. The molecule has 0 atom stereocenters. The summed E-state index contributed by atoms with van der Waals surface area (Å²) in [6.45, 7) is 0.594. The van der Waals surface area contributed by atoms with Crippen LogP contribution in [0.4, 0.5) is 0 Å². The molecule has 3 nitrogen and oxygen atoms in total. The van der Waals surface area contributed by atoms with Crippen LogP contribution < -0.4 is 4.74 Å². The van der Waals surface area contributed by atoms with E-state index in [2.05, 4.69) is 20.9 Å². The third-order valence-corrected chi connectivity index (χ3v) is 4.27. The summed E-state index contributed by atoms with van der Waals surface area (Å²) >= 11 is 3.42. The molecule has 0 N–H and O–H groups in total. The van der Waals surface area contributed by atoms with Gasteiger partial charge in [0.1, 0.15) is 0 Å². The van der Waals surface area contributed by atoms with Gasteiger partial charge in [-0.15, -0.1) is 0 Å². The topological polar surface area (TPSA) is 31.4 Å². The highest BCUT2D eigenvalue weighted by Crippen LogP contribution is 2.61. The molecule has 2 fully saturated rings. The fourth-order valence-corrected chi connectivity index (χ4v) is 2.95. The molecule has 2 aliphatic rings. The van der Waals surface area contributed by atoms with Gasteiger partial charge in [-0.25, -0.2) is 4.98 Å². The molecule has 1 heterocycles. The molecule has 0 saturated heterocycles. The number of hydrogen-bond donors (Lipinski definition) is 0. The Morgan fingerprint density at radius 1 is 1.47 bits per heavy atom. The van der Waals surface area contributed by atoms with Crippen LogP contribution in [0.5, 0.6) is 5.88 Å². The van der Waals surface area contributed by atoms with Gasteiger partial charge < -0.3 is 9.47 Å². The number of hydrogen-bond acceptors (Lipinski definition) is 3. The van der Waals surface area contributed by atoms with E-state index in [1.165, 1.54) is 25.7 Å². The number of nitrogens with zero attached hydrogens (tertiary/aromatic N) is 1. The van der Waals surface area contributed by atoms with Crippen LogP contribution in [0.2, 0.25) is 0 Å². The van der Waals surface area contributed by atoms with Crippen molar-refractivity contribution in [1.29, 1.82) is 0 Å². The highest BCUT2D eigenvalue weighted by molar-refractivity contribution is 9.10. The summed E-state index contributed by atoms with van der Waals surface area (Å²) in [6, 6.07) is 2.01. The van der Waals surface area contributed by atoms with E-state index in [0.29, 0.717) is 24.0 Å². The summed E-state index contributed by atoms with van der Waals surface area (Å²) in [7, 11) is 1.64. The highest BCUT2D eigenvalue weighted by atomic mass is 79.9. The van der Waals surface area contributed by atoms with E-state index in [-0.39, 0.29) is 0 Å². The minimum absolute atomic E-state index is 0.446. The average molecular weight is 298 g/mol. The molecule has 0 radical (unpaired) electrons. The molecule has 1 aromatic rings. The van der Waals surface area contributed by atoms with Crippen LogP contribution in [0.3, 0.4) is 0 Å². The van der Waals surface area contributed by atoms with Crippen molar-refractivity contribution >= 4 is 15.9 Å². The fraction of sp³-hybridized carbons (Fsp3) is 0.615. The van der Waals surface area contributed by atoms with E-state index in [4.69, 9.17) is 9.47 Å². The molecule has 92 valence electrons. The van der Waals surface area contributed by atoms with Crippen LogP contribution in [0.25, 0.3) is 0 Å². The van der Waals surface area contributed by atoms with Crippen molar-refractivity contribution in [3.05, 3.63) is 22.3 Å². The van der Waals surface area contributed by atoms with Gasteiger partial charge >= 0.3 is 0 Å². The standard InChI is InChI=1S/C13H16BrNO2/c1-16-12-9(4-10(14)7-15-12)8-17-11-5-13(6-11)2-3-13/h4,7,11H,2-3,5-6,8H2,1H3. The van der Waals surface area contributed by atoms with Gasteiger partial charge in [0.15, 0.2) is 0 Å². The summed E-state index contributed by atoms with van der Waals surface area (Å²) in [5.41, 5.74) is 1.71. The first-order valence-corrected chi connectivity index (χ1v) is 6.80. The number of methoxy groups -OCH3 is 1. The number of rotatable bonds is 4. The Labute approximate surface area is 110 Å². The molecule has 0 aromatic carbocycles. The maximum absolute atomic E-state index is 5.90. The molecule has 0 bridgehead atoms. The average Bonchev–Trinajstić information content (AvgIpc) is 3.05. The Bertz CT molecular complexity index is 423. The zero-order valence-corrected chi connectivity index (χ0v) is 11.5. The lowest BCUT2D eigenvalue weighted by molar-refractivity contribution is -0.0501. The van der Waals surface area contributed by atoms with Crippen molar-refractivity contribution in [2.75, 3.05) is 7.11 Å². The molecular formula is C13H16BrNO2. The van der Waals surface area contributed by atoms with Crippen LogP contribution in [0.1, 0.15) is 31.2 Å². The third kappa shape index (κ3) is 2.33. The van der Waals surface area contributed by atoms with Gasteiger partial charge in [-0.2, -0.15) is 0 Å². The van der Waals surface area contributed by atoms with Crippen LogP contribution in [-0.2, 0) is 11.3 Å². The lowest BCUT2D eigenvalue weighted by Gasteiger charge is -2.35. The summed E-state index contributed by atoms with van der Waals surface area (Å²) < 4.78 is 12.1. The fourth-order valence-electron chi connectivity index (χ4n) is 2.57. The molecule has 2 saturated carbocycles. The number of pyridine rings is 1. The number of aromatic nitrogens is 1. The predicted molar refractivity (Wildman–Crippen MR) is 68.0 cm³/mol. The summed E-state index contributed by atoms with van der Waals surface area (Å²) in [6.07, 6.45) is 7.50. The molecular weight excluding hydrogens is 282 g/mol. The van der Waals surface area contributed by atoms with Gasteiger partial charge in [-0.1, -0.05) is 0 Å². The Morgan fingerprint density at radius 3 is 2.88 bits per heavy atom. The van der Waals surface area contributed by atoms with Crippen molar-refractivity contribution in [1.82, 2.24) is 4.98 Å². The predicted octanol–water partition coefficient (Wildman–Crippen LogP) is 3.31. The Balaban J connectivity index is 1.58. The minimum Gasteiger partial charge on any atom is -0.481 e. The molecule has 3 rings (SSSR count). The lowest BCUT2D eigenvalue weighted by atomic mass is 9.79. The Hall–Kier alpha value is -0.610. The van der Waals surface area contributed by atoms with E-state index in [1.807, 2.05) is 6.07 Å². The summed E-state index contributed by atoms with van der Waals surface area (Å²) in [4.78, 5) is 4.21. The van der Waals surface area contributed by atoms with Crippen LogP contribution >= 0.6 is 15.9 Å². The highest BCUT2D eigenvalue weighted by Gasteiger charge is 2.53. The molecule has 0 amide bonds. The number of ether oxygens (including phenoxy) is 2. The van der Waals surface area contributed by atoms with E-state index in [1.54, 1.807) is 13.3 Å². The van der Waals surface area contributed by atoms with E-state index in [9.17, 15) is 0 Å². The zero-order chi connectivity index (χ0) is 11.9. The number of halogens is 1. The van der Waals surface area contributed by atoms with Crippen LogP contribution in [0, 0.1) is 5.41 Å². The second kappa shape index (κ2) is 4.25. The van der Waals surface area contributed by atoms with Crippen molar-refractivity contribution < 1.29 is 9.47 Å². The van der Waals surface area contributed by atoms with Crippen molar-refractivity contribution in [2.45, 2.75) is 38.4 Å². The van der Waals surface area contributed by atoms with Gasteiger partial charge in [0, 0.05) is 16.2 Å². The maximum atomic E-state index is 5.90. The summed E-state index contributed by atoms with van der Waals surface area (Å²) in [5.74, 6) is 0.661. The first-order chi connectivity index (χ1) is 8.21. The van der Waals surface area contributed by atoms with Gasteiger partial charge in [0.2, 0.25) is 5.88 Å². The first-order valence-electron chi connectivity index (χ1n) is 6.01. The SMILES string of the molecule is COc1ncc(Br)cc1COC1CC2(CC2)C1. The quantitative estimate of drug-likeness (QED) is 0.854. The molecule has 1 spiro atoms. The van der Waals surface area contributed by atoms with Crippen LogP contribution in [0.15, 0.2) is 16.7 Å². The minimum atomic E-state index is 0.446. The van der Waals surface area contributed by atoms with Gasteiger partial charge in [-0.05, 0) is 53.1 Å². The monoisotopic (exact) mass is 297 g/mol. The van der Waals surface area contributed by atoms with E-state index in [0.717, 1.165) is 10.0 Å². The van der Waals surface area contributed by atoms with Crippen LogP contribution in [-0.4, -0.2) is 18.2 Å². The lowest BCUT2D eigenvalue weighted by Crippen LogP contribution is -2.32. The normalized spacial score (nSPS) is 21.3. The Kier molecular flexibility index (Phi) is 2.87. The van der Waals surface area contributed by atoms with Gasteiger partial charge in [0.05, 0.1) is 19.8 Å². The molecule has 0 unspecified atom stereocenters. The van der Waals surface area contributed by atoms with Crippen molar-refractivity contribution in [2.24, 2.45) is 5.41 Å². The molecule has 17 heavy (non-hydrogen) atoms. The first kappa shape index (κ1) is 11.5. The molecule has 0 aliphatic heterocycles. The van der Waals surface area contributed by atoms with Gasteiger partial charge in [0.25, 0.3) is 0 Å². The van der Waals surface area contributed by atoms with Gasteiger partial charge in [-0.3, -0.25) is 0 Å². The molecule has 4 heteroatoms. The second-order valence-electron chi connectivity index (χ2n) is 5.16. The smallest absolute Gasteiger partial charge is 0.218 e.